The third-order valence-corrected chi connectivity index (χ3v) is 7.35. The highest BCUT2D eigenvalue weighted by molar-refractivity contribution is 6.06. The van der Waals surface area contributed by atoms with Crippen molar-refractivity contribution >= 4 is 22.7 Å². The Balaban J connectivity index is 1.27. The van der Waals surface area contributed by atoms with Crippen molar-refractivity contribution in [2.45, 2.75) is 58.8 Å². The molecule has 4 bridgehead atoms. The van der Waals surface area contributed by atoms with Crippen LogP contribution in [0.15, 0.2) is 24.3 Å². The molecule has 5 nitrogen and oxygen atoms in total. The molecule has 0 atom stereocenters. The normalized spacial score (nSPS) is 29.8. The van der Waals surface area contributed by atoms with Gasteiger partial charge >= 0.3 is 0 Å². The summed E-state index contributed by atoms with van der Waals surface area (Å²) in [6.07, 6.45) is 8.20. The van der Waals surface area contributed by atoms with E-state index in [4.69, 9.17) is 0 Å². The van der Waals surface area contributed by atoms with Crippen LogP contribution in [0.25, 0.3) is 10.9 Å². The molecule has 4 fully saturated rings. The van der Waals surface area contributed by atoms with Gasteiger partial charge in [-0.1, -0.05) is 11.6 Å². The van der Waals surface area contributed by atoms with E-state index in [1.807, 2.05) is 32.0 Å². The van der Waals surface area contributed by atoms with E-state index in [2.05, 4.69) is 15.8 Å². The zero-order valence-electron chi connectivity index (χ0n) is 17.3. The number of benzene rings is 1. The number of fused-ring (bicyclic) bond motifs is 1. The number of hydrogen-bond acceptors (Lipinski definition) is 3. The van der Waals surface area contributed by atoms with Crippen LogP contribution in [0.3, 0.4) is 0 Å². The Bertz CT molecular complexity index is 962. The number of rotatable bonds is 3. The Morgan fingerprint density at radius 2 is 1.66 bits per heavy atom. The second kappa shape index (κ2) is 6.82. The first-order chi connectivity index (χ1) is 13.9. The molecule has 0 aliphatic heterocycles. The van der Waals surface area contributed by atoms with Crippen LogP contribution in [0.4, 0.5) is 0 Å². The molecular weight excluding hydrogens is 362 g/mol. The van der Waals surface area contributed by atoms with Crippen LogP contribution in [0, 0.1) is 37.0 Å². The minimum atomic E-state index is -0.287. The molecule has 1 aromatic heterocycles. The van der Waals surface area contributed by atoms with Gasteiger partial charge in [-0.2, -0.15) is 0 Å². The van der Waals surface area contributed by atoms with Crippen LogP contribution in [-0.4, -0.2) is 16.8 Å². The number of amides is 2. The van der Waals surface area contributed by atoms with Crippen molar-refractivity contribution in [2.75, 3.05) is 0 Å². The molecule has 0 unspecified atom stereocenters. The molecule has 29 heavy (non-hydrogen) atoms. The minimum absolute atomic E-state index is 0.0634. The minimum Gasteiger partial charge on any atom is -0.273 e. The maximum atomic E-state index is 12.8. The van der Waals surface area contributed by atoms with Gasteiger partial charge in [-0.25, -0.2) is 0 Å². The Morgan fingerprint density at radius 1 is 1.00 bits per heavy atom. The summed E-state index contributed by atoms with van der Waals surface area (Å²) in [6.45, 7) is 3.87. The second-order valence-corrected chi connectivity index (χ2v) is 9.93. The number of pyridine rings is 1. The number of carbonyl (C=O) groups excluding carboxylic acids is 2. The molecule has 2 aromatic rings. The van der Waals surface area contributed by atoms with Crippen molar-refractivity contribution in [3.8, 4) is 0 Å². The lowest BCUT2D eigenvalue weighted by Crippen LogP contribution is -2.50. The van der Waals surface area contributed by atoms with Crippen molar-refractivity contribution in [1.29, 1.82) is 0 Å². The first-order valence-electron chi connectivity index (χ1n) is 10.9. The Kier molecular flexibility index (Phi) is 4.37. The highest BCUT2D eigenvalue weighted by Crippen LogP contribution is 2.61. The Hall–Kier alpha value is -2.43. The van der Waals surface area contributed by atoms with E-state index < -0.39 is 0 Å². The fourth-order valence-corrected chi connectivity index (χ4v) is 6.74. The van der Waals surface area contributed by atoms with Crippen LogP contribution in [-0.2, 0) is 4.79 Å². The summed E-state index contributed by atoms with van der Waals surface area (Å²) in [4.78, 5) is 30.1. The van der Waals surface area contributed by atoms with Crippen LogP contribution < -0.4 is 10.9 Å². The fraction of sp³-hybridized carbons (Fsp3) is 0.542. The van der Waals surface area contributed by atoms with Gasteiger partial charge in [0.2, 0.25) is 5.91 Å². The van der Waals surface area contributed by atoms with E-state index >= 15 is 0 Å². The Morgan fingerprint density at radius 3 is 2.31 bits per heavy atom. The van der Waals surface area contributed by atoms with Gasteiger partial charge in [-0.15, -0.1) is 0 Å². The van der Waals surface area contributed by atoms with Gasteiger partial charge in [0, 0.05) is 17.5 Å². The van der Waals surface area contributed by atoms with E-state index in [1.165, 1.54) is 38.5 Å². The zero-order valence-corrected chi connectivity index (χ0v) is 17.3. The van der Waals surface area contributed by atoms with Gasteiger partial charge in [-0.05, 0) is 93.7 Å². The van der Waals surface area contributed by atoms with Crippen molar-refractivity contribution in [3.05, 3.63) is 41.1 Å². The topological polar surface area (TPSA) is 71.1 Å². The SMILES string of the molecule is Cc1ccc2nc(C)cc(C(=O)NNC(=O)CC34CC5CC(CC(C5)C3)C4)c2c1. The molecule has 1 heterocycles. The number of aryl methyl sites for hydroxylation is 2. The molecule has 152 valence electrons. The second-order valence-electron chi connectivity index (χ2n) is 9.93. The Labute approximate surface area is 171 Å². The summed E-state index contributed by atoms with van der Waals surface area (Å²) in [7, 11) is 0. The van der Waals surface area contributed by atoms with Crippen LogP contribution in [0.1, 0.15) is 66.6 Å². The number of nitrogens with one attached hydrogen (secondary N) is 2. The lowest BCUT2D eigenvalue weighted by atomic mass is 9.49. The van der Waals surface area contributed by atoms with E-state index in [0.717, 1.165) is 39.9 Å². The number of aromatic nitrogens is 1. The molecule has 0 radical (unpaired) electrons. The molecule has 6 rings (SSSR count). The molecule has 4 saturated carbocycles. The number of hydrazine groups is 1. The van der Waals surface area contributed by atoms with Gasteiger partial charge in [0.15, 0.2) is 0 Å². The molecular formula is C24H29N3O2. The maximum absolute atomic E-state index is 12.8. The number of carbonyl (C=O) groups is 2. The summed E-state index contributed by atoms with van der Waals surface area (Å²) in [6, 6.07) is 7.67. The summed E-state index contributed by atoms with van der Waals surface area (Å²) in [5.41, 5.74) is 8.71. The largest absolute Gasteiger partial charge is 0.273 e. The molecule has 2 N–H and O–H groups in total. The highest BCUT2D eigenvalue weighted by atomic mass is 16.2. The molecule has 1 aromatic carbocycles. The molecule has 2 amide bonds. The van der Waals surface area contributed by atoms with Gasteiger partial charge in [-0.3, -0.25) is 25.4 Å². The van der Waals surface area contributed by atoms with Crippen molar-refractivity contribution < 1.29 is 9.59 Å². The van der Waals surface area contributed by atoms with Crippen LogP contribution >= 0.6 is 0 Å². The van der Waals surface area contributed by atoms with Gasteiger partial charge < -0.3 is 0 Å². The van der Waals surface area contributed by atoms with Gasteiger partial charge in [0.1, 0.15) is 0 Å². The van der Waals surface area contributed by atoms with Crippen LogP contribution in [0.5, 0.6) is 0 Å². The average Bonchev–Trinajstić information content (AvgIpc) is 2.64. The maximum Gasteiger partial charge on any atom is 0.270 e. The van der Waals surface area contributed by atoms with Crippen molar-refractivity contribution in [2.24, 2.45) is 23.2 Å². The van der Waals surface area contributed by atoms with Gasteiger partial charge in [0.05, 0.1) is 11.1 Å². The quantitative estimate of drug-likeness (QED) is 0.770. The zero-order chi connectivity index (χ0) is 20.2. The summed E-state index contributed by atoms with van der Waals surface area (Å²) in [5.74, 6) is 2.10. The van der Waals surface area contributed by atoms with Crippen molar-refractivity contribution in [1.82, 2.24) is 15.8 Å². The molecule has 0 spiro atoms. The number of nitrogens with zero attached hydrogens (tertiary/aromatic N) is 1. The molecule has 0 saturated heterocycles. The molecule has 4 aliphatic rings. The summed E-state index contributed by atoms with van der Waals surface area (Å²) >= 11 is 0. The predicted molar refractivity (Wildman–Crippen MR) is 112 cm³/mol. The average molecular weight is 392 g/mol. The first-order valence-corrected chi connectivity index (χ1v) is 10.9. The smallest absolute Gasteiger partial charge is 0.270 e. The van der Waals surface area contributed by atoms with E-state index in [1.54, 1.807) is 6.07 Å². The lowest BCUT2D eigenvalue weighted by Gasteiger charge is -2.56. The summed E-state index contributed by atoms with van der Waals surface area (Å²) < 4.78 is 0. The third-order valence-electron chi connectivity index (χ3n) is 7.35. The summed E-state index contributed by atoms with van der Waals surface area (Å²) in [5, 5.41) is 0.809. The van der Waals surface area contributed by atoms with E-state index in [0.29, 0.717) is 12.0 Å². The monoisotopic (exact) mass is 391 g/mol. The molecule has 5 heteroatoms. The standard InChI is InChI=1S/C24H29N3O2/c1-14-3-4-21-19(5-14)20(6-15(2)25-21)23(29)27-26-22(28)13-24-10-16-7-17(11-24)9-18(8-16)12-24/h3-6,16-18H,7-13H2,1-2H3,(H,26,28)(H,27,29). The lowest BCUT2D eigenvalue weighted by molar-refractivity contribution is -0.130. The fourth-order valence-electron chi connectivity index (χ4n) is 6.74. The number of hydrogen-bond donors (Lipinski definition) is 2. The van der Waals surface area contributed by atoms with Gasteiger partial charge in [0.25, 0.3) is 5.91 Å². The first kappa shape index (κ1) is 18.6. The third kappa shape index (κ3) is 3.52. The van der Waals surface area contributed by atoms with E-state index in [9.17, 15) is 9.59 Å². The highest BCUT2D eigenvalue weighted by Gasteiger charge is 2.51. The molecule has 4 aliphatic carbocycles. The van der Waals surface area contributed by atoms with E-state index in [-0.39, 0.29) is 17.2 Å². The predicted octanol–water partition coefficient (Wildman–Crippen LogP) is 4.22. The van der Waals surface area contributed by atoms with Crippen molar-refractivity contribution in [3.63, 3.8) is 0 Å². The van der Waals surface area contributed by atoms with Crippen LogP contribution in [0.2, 0.25) is 0 Å².